The minimum absolute atomic E-state index is 0.0943. The SMILES string of the molecule is COC1CCCCC1C1(C)OC1CCC(C)C.O=C(O)N1CC(CCC2CCN(CC(F)F)CC2)C1. The molecule has 1 saturated carbocycles. The highest BCUT2D eigenvalue weighted by atomic mass is 19.3. The van der Waals surface area contributed by atoms with Gasteiger partial charge in [0.25, 0.3) is 6.43 Å². The maximum atomic E-state index is 12.2. The van der Waals surface area contributed by atoms with Crippen molar-refractivity contribution in [2.24, 2.45) is 23.7 Å². The number of nitrogens with zero attached hydrogens (tertiary/aromatic N) is 2. The predicted octanol–water partition coefficient (Wildman–Crippen LogP) is 6.14. The van der Waals surface area contributed by atoms with Crippen LogP contribution in [-0.2, 0) is 9.47 Å². The summed E-state index contributed by atoms with van der Waals surface area (Å²) in [5.74, 6) is 2.55. The zero-order valence-electron chi connectivity index (χ0n) is 23.0. The molecule has 1 aliphatic carbocycles. The molecule has 0 bridgehead atoms. The first-order valence-corrected chi connectivity index (χ1v) is 14.3. The Labute approximate surface area is 217 Å². The van der Waals surface area contributed by atoms with Crippen molar-refractivity contribution in [2.75, 3.05) is 39.8 Å². The van der Waals surface area contributed by atoms with Crippen molar-refractivity contribution in [1.29, 1.82) is 0 Å². The molecule has 8 heteroatoms. The molecule has 4 fully saturated rings. The number of carbonyl (C=O) groups is 1. The lowest BCUT2D eigenvalue weighted by molar-refractivity contribution is -0.00779. The summed E-state index contributed by atoms with van der Waals surface area (Å²) in [7, 11) is 1.86. The third kappa shape index (κ3) is 8.52. The Morgan fingerprint density at radius 1 is 1.06 bits per heavy atom. The van der Waals surface area contributed by atoms with E-state index in [1.165, 1.54) is 43.4 Å². The number of hydrogen-bond donors (Lipinski definition) is 1. The summed E-state index contributed by atoms with van der Waals surface area (Å²) in [4.78, 5) is 13.9. The zero-order valence-corrected chi connectivity index (χ0v) is 23.0. The molecular weight excluding hydrogens is 466 g/mol. The summed E-state index contributed by atoms with van der Waals surface area (Å²) >= 11 is 0. The number of epoxide rings is 1. The Balaban J connectivity index is 0.000000202. The summed E-state index contributed by atoms with van der Waals surface area (Å²) in [5, 5.41) is 8.73. The largest absolute Gasteiger partial charge is 0.465 e. The number of carboxylic acid groups (broad SMARTS) is 1. The van der Waals surface area contributed by atoms with E-state index in [-0.39, 0.29) is 12.1 Å². The van der Waals surface area contributed by atoms with E-state index < -0.39 is 12.5 Å². The number of rotatable bonds is 10. The molecule has 3 saturated heterocycles. The van der Waals surface area contributed by atoms with Crippen molar-refractivity contribution in [3.8, 4) is 0 Å². The molecule has 0 aromatic rings. The second-order valence-corrected chi connectivity index (χ2v) is 12.2. The van der Waals surface area contributed by atoms with Crippen LogP contribution in [0, 0.1) is 23.7 Å². The number of halogens is 2. The molecule has 0 aromatic heterocycles. The van der Waals surface area contributed by atoms with E-state index in [9.17, 15) is 13.6 Å². The minimum atomic E-state index is -2.23. The molecule has 6 nitrogen and oxygen atoms in total. The number of piperidine rings is 1. The smallest absolute Gasteiger partial charge is 0.407 e. The summed E-state index contributed by atoms with van der Waals surface area (Å²) in [6, 6.07) is 0. The highest BCUT2D eigenvalue weighted by molar-refractivity contribution is 5.65. The van der Waals surface area contributed by atoms with Gasteiger partial charge in [0.05, 0.1) is 24.4 Å². The van der Waals surface area contributed by atoms with Gasteiger partial charge in [-0.1, -0.05) is 26.7 Å². The summed E-state index contributed by atoms with van der Waals surface area (Å²) < 4.78 is 36.2. The number of amides is 1. The van der Waals surface area contributed by atoms with Crippen LogP contribution >= 0.6 is 0 Å². The Morgan fingerprint density at radius 2 is 1.69 bits per heavy atom. The molecule has 4 atom stereocenters. The van der Waals surface area contributed by atoms with Crippen LogP contribution in [-0.4, -0.2) is 85.1 Å². The van der Waals surface area contributed by atoms with Crippen molar-refractivity contribution >= 4 is 6.09 Å². The first-order chi connectivity index (χ1) is 17.1. The van der Waals surface area contributed by atoms with Gasteiger partial charge in [-0.3, -0.25) is 4.90 Å². The predicted molar refractivity (Wildman–Crippen MR) is 138 cm³/mol. The highest BCUT2D eigenvalue weighted by Gasteiger charge is 2.58. The maximum absolute atomic E-state index is 12.2. The number of hydrogen-bond acceptors (Lipinski definition) is 4. The normalized spacial score (nSPS) is 31.8. The topological polar surface area (TPSA) is 65.5 Å². The number of likely N-dealkylation sites (tertiary alicyclic amines) is 2. The molecular formula is C28H50F2N2O4. The second-order valence-electron chi connectivity index (χ2n) is 12.2. The van der Waals surface area contributed by atoms with Gasteiger partial charge in [0.1, 0.15) is 0 Å². The van der Waals surface area contributed by atoms with E-state index in [4.69, 9.17) is 14.6 Å². The van der Waals surface area contributed by atoms with Gasteiger partial charge < -0.3 is 19.5 Å². The van der Waals surface area contributed by atoms with Crippen LogP contribution in [0.25, 0.3) is 0 Å². The lowest BCUT2D eigenvalue weighted by atomic mass is 9.76. The van der Waals surface area contributed by atoms with Crippen molar-refractivity contribution in [1.82, 2.24) is 9.80 Å². The average molecular weight is 517 g/mol. The van der Waals surface area contributed by atoms with Crippen LogP contribution in [0.3, 0.4) is 0 Å². The molecule has 1 N–H and O–H groups in total. The Morgan fingerprint density at radius 3 is 2.28 bits per heavy atom. The van der Waals surface area contributed by atoms with Crippen LogP contribution in [0.4, 0.5) is 13.6 Å². The number of ether oxygens (including phenoxy) is 2. The van der Waals surface area contributed by atoms with Gasteiger partial charge in [-0.2, -0.15) is 0 Å². The van der Waals surface area contributed by atoms with Crippen LogP contribution in [0.15, 0.2) is 0 Å². The third-order valence-corrected chi connectivity index (χ3v) is 9.04. The van der Waals surface area contributed by atoms with E-state index in [1.54, 1.807) is 0 Å². The second kappa shape index (κ2) is 13.7. The Bertz CT molecular complexity index is 668. The molecule has 0 aromatic carbocycles. The van der Waals surface area contributed by atoms with Gasteiger partial charge >= 0.3 is 6.09 Å². The molecule has 4 aliphatic rings. The Hall–Kier alpha value is -0.990. The average Bonchev–Trinajstić information content (AvgIpc) is 3.48. The van der Waals surface area contributed by atoms with E-state index >= 15 is 0 Å². The molecule has 210 valence electrons. The van der Waals surface area contributed by atoms with Crippen molar-refractivity contribution in [3.05, 3.63) is 0 Å². The van der Waals surface area contributed by atoms with Gasteiger partial charge in [-0.25, -0.2) is 13.6 Å². The molecule has 4 unspecified atom stereocenters. The molecule has 0 spiro atoms. The molecule has 1 amide bonds. The highest BCUT2D eigenvalue weighted by Crippen LogP contribution is 2.51. The summed E-state index contributed by atoms with van der Waals surface area (Å²) in [5.41, 5.74) is 0.121. The maximum Gasteiger partial charge on any atom is 0.407 e. The third-order valence-electron chi connectivity index (χ3n) is 9.04. The van der Waals surface area contributed by atoms with E-state index in [2.05, 4.69) is 20.8 Å². The van der Waals surface area contributed by atoms with E-state index in [0.717, 1.165) is 44.7 Å². The van der Waals surface area contributed by atoms with Gasteiger partial charge in [-0.15, -0.1) is 0 Å². The van der Waals surface area contributed by atoms with Crippen LogP contribution in [0.1, 0.15) is 85.0 Å². The summed E-state index contributed by atoms with van der Waals surface area (Å²) in [6.07, 6.45) is 9.74. The quantitative estimate of drug-likeness (QED) is 0.354. The monoisotopic (exact) mass is 516 g/mol. The van der Waals surface area contributed by atoms with Crippen molar-refractivity contribution in [3.63, 3.8) is 0 Å². The van der Waals surface area contributed by atoms with Crippen molar-refractivity contribution in [2.45, 2.75) is 109 Å². The van der Waals surface area contributed by atoms with E-state index in [1.807, 2.05) is 12.0 Å². The molecule has 3 aliphatic heterocycles. The lowest BCUT2D eigenvalue weighted by Crippen LogP contribution is -2.49. The van der Waals surface area contributed by atoms with Gasteiger partial charge in [-0.05, 0) is 89.1 Å². The number of methoxy groups -OCH3 is 1. The first-order valence-electron chi connectivity index (χ1n) is 14.3. The zero-order chi connectivity index (χ0) is 26.3. The molecule has 3 heterocycles. The fraction of sp³-hybridized carbons (Fsp3) is 0.964. The van der Waals surface area contributed by atoms with Crippen molar-refractivity contribution < 1.29 is 28.2 Å². The lowest BCUT2D eigenvalue weighted by Gasteiger charge is -2.38. The van der Waals surface area contributed by atoms with Gasteiger partial charge in [0.2, 0.25) is 0 Å². The minimum Gasteiger partial charge on any atom is -0.465 e. The van der Waals surface area contributed by atoms with Crippen LogP contribution < -0.4 is 0 Å². The fourth-order valence-corrected chi connectivity index (χ4v) is 6.50. The molecule has 0 radical (unpaired) electrons. The van der Waals surface area contributed by atoms with Gasteiger partial charge in [0, 0.05) is 26.1 Å². The molecule has 36 heavy (non-hydrogen) atoms. The van der Waals surface area contributed by atoms with E-state index in [0.29, 0.717) is 43.1 Å². The number of alkyl halides is 2. The standard InChI is InChI=1S/C15H28O2.C13H22F2N2O2/c1-11(2)9-10-14-15(3,17-14)12-7-5-6-8-13(12)16-4;14-12(15)9-16-5-3-10(4-6-16)1-2-11-7-17(8-11)13(18)19/h11-14H,5-10H2,1-4H3;10-12H,1-9H2,(H,18,19). The van der Waals surface area contributed by atoms with Gasteiger partial charge in [0.15, 0.2) is 0 Å². The molecule has 4 rings (SSSR count). The van der Waals surface area contributed by atoms with Crippen LogP contribution in [0.2, 0.25) is 0 Å². The summed E-state index contributed by atoms with van der Waals surface area (Å²) in [6.45, 7) is 9.68. The fourth-order valence-electron chi connectivity index (χ4n) is 6.50. The first kappa shape index (κ1) is 29.6. The van der Waals surface area contributed by atoms with Crippen LogP contribution in [0.5, 0.6) is 0 Å². The Kier molecular flexibility index (Phi) is 11.3.